The molecule has 0 amide bonds. The number of nitrogens with two attached hydrogens (primary N) is 1. The third kappa shape index (κ3) is 3.45. The van der Waals surface area contributed by atoms with Gasteiger partial charge in [0.15, 0.2) is 0 Å². The maximum Gasteiger partial charge on any atom is 0.244 e. The molecule has 0 saturated heterocycles. The highest BCUT2D eigenvalue weighted by atomic mass is 32.2. The van der Waals surface area contributed by atoms with Crippen LogP contribution in [0.3, 0.4) is 0 Å². The van der Waals surface area contributed by atoms with Crippen molar-refractivity contribution >= 4 is 15.7 Å². The Labute approximate surface area is 114 Å². The van der Waals surface area contributed by atoms with Crippen molar-refractivity contribution in [2.45, 2.75) is 50.0 Å². The molecule has 3 N–H and O–H groups in total. The Balaban J connectivity index is 2.05. The second-order valence-electron chi connectivity index (χ2n) is 5.16. The number of nitrogens with zero attached hydrogens (tertiary/aromatic N) is 1. The first-order valence-electron chi connectivity index (χ1n) is 6.74. The van der Waals surface area contributed by atoms with Crippen molar-refractivity contribution < 1.29 is 8.42 Å². The van der Waals surface area contributed by atoms with Crippen molar-refractivity contribution in [2.24, 2.45) is 5.92 Å². The van der Waals surface area contributed by atoms with Crippen molar-refractivity contribution in [3.05, 3.63) is 18.5 Å². The number of sulfonamides is 1. The molecule has 0 spiro atoms. The van der Waals surface area contributed by atoms with Crippen LogP contribution >= 0.6 is 0 Å². The molecular weight excluding hydrogens is 262 g/mol. The van der Waals surface area contributed by atoms with Gasteiger partial charge in [-0.1, -0.05) is 13.3 Å². The summed E-state index contributed by atoms with van der Waals surface area (Å²) in [6.45, 7) is 2.19. The summed E-state index contributed by atoms with van der Waals surface area (Å²) in [5, 5.41) is 0. The fourth-order valence-electron chi connectivity index (χ4n) is 2.59. The Bertz CT molecular complexity index is 522. The van der Waals surface area contributed by atoms with Crippen molar-refractivity contribution in [2.75, 3.05) is 5.73 Å². The Kier molecular flexibility index (Phi) is 4.42. The molecule has 5 nitrogen and oxygen atoms in total. The molecule has 106 valence electrons. The van der Waals surface area contributed by atoms with E-state index in [0.717, 1.165) is 31.6 Å². The van der Waals surface area contributed by atoms with E-state index < -0.39 is 10.0 Å². The van der Waals surface area contributed by atoms with Gasteiger partial charge in [0, 0.05) is 18.4 Å². The monoisotopic (exact) mass is 283 g/mol. The zero-order valence-corrected chi connectivity index (χ0v) is 12.0. The SMILES string of the molecule is CCC1CCC(NS(=O)(=O)c2cnccc2N)CC1. The molecule has 0 aromatic carbocycles. The third-order valence-electron chi connectivity index (χ3n) is 3.85. The maximum absolute atomic E-state index is 12.2. The maximum atomic E-state index is 12.2. The average molecular weight is 283 g/mol. The molecule has 0 aliphatic heterocycles. The number of nitrogen functional groups attached to an aromatic ring is 1. The van der Waals surface area contributed by atoms with Gasteiger partial charge in [-0.3, -0.25) is 4.98 Å². The van der Waals surface area contributed by atoms with E-state index in [0.29, 0.717) is 0 Å². The van der Waals surface area contributed by atoms with Gasteiger partial charge in [-0.25, -0.2) is 13.1 Å². The first kappa shape index (κ1) is 14.3. The van der Waals surface area contributed by atoms with Crippen LogP contribution < -0.4 is 10.5 Å². The van der Waals surface area contributed by atoms with E-state index in [-0.39, 0.29) is 16.6 Å². The van der Waals surface area contributed by atoms with E-state index in [1.54, 1.807) is 0 Å². The van der Waals surface area contributed by atoms with Crippen molar-refractivity contribution in [1.82, 2.24) is 9.71 Å². The predicted molar refractivity (Wildman–Crippen MR) is 75.0 cm³/mol. The highest BCUT2D eigenvalue weighted by Crippen LogP contribution is 2.27. The van der Waals surface area contributed by atoms with E-state index in [1.165, 1.54) is 24.9 Å². The molecule has 1 fully saturated rings. The largest absolute Gasteiger partial charge is 0.398 e. The minimum atomic E-state index is -3.55. The van der Waals surface area contributed by atoms with Gasteiger partial charge in [-0.05, 0) is 37.7 Å². The zero-order valence-electron chi connectivity index (χ0n) is 11.2. The standard InChI is InChI=1S/C13H21N3O2S/c1-2-10-3-5-11(6-4-10)16-19(17,18)13-9-15-8-7-12(13)14/h7-11,16H,2-6H2,1H3,(H2,14,15). The Morgan fingerprint density at radius 2 is 2.05 bits per heavy atom. The van der Waals surface area contributed by atoms with Crippen LogP contribution in [0, 0.1) is 5.92 Å². The van der Waals surface area contributed by atoms with Crippen LogP contribution in [0.2, 0.25) is 0 Å². The molecule has 6 heteroatoms. The second kappa shape index (κ2) is 5.88. The summed E-state index contributed by atoms with van der Waals surface area (Å²) >= 11 is 0. The van der Waals surface area contributed by atoms with E-state index >= 15 is 0 Å². The second-order valence-corrected chi connectivity index (χ2v) is 6.84. The van der Waals surface area contributed by atoms with E-state index in [9.17, 15) is 8.42 Å². The number of hydrogen-bond acceptors (Lipinski definition) is 4. The molecule has 0 bridgehead atoms. The third-order valence-corrected chi connectivity index (χ3v) is 5.42. The zero-order chi connectivity index (χ0) is 13.9. The molecule has 19 heavy (non-hydrogen) atoms. The highest BCUT2D eigenvalue weighted by Gasteiger charge is 2.26. The van der Waals surface area contributed by atoms with Gasteiger partial charge in [0.2, 0.25) is 10.0 Å². The molecule has 0 atom stereocenters. The van der Waals surface area contributed by atoms with Crippen molar-refractivity contribution in [1.29, 1.82) is 0 Å². The molecule has 2 rings (SSSR count). The molecule has 1 saturated carbocycles. The molecule has 1 aliphatic rings. The fourth-order valence-corrected chi connectivity index (χ4v) is 3.97. The van der Waals surface area contributed by atoms with Crippen LogP contribution in [0.1, 0.15) is 39.0 Å². The molecular formula is C13H21N3O2S. The van der Waals surface area contributed by atoms with Crippen molar-refractivity contribution in [3.63, 3.8) is 0 Å². The highest BCUT2D eigenvalue weighted by molar-refractivity contribution is 7.89. The molecule has 1 aromatic rings. The lowest BCUT2D eigenvalue weighted by atomic mass is 9.85. The lowest BCUT2D eigenvalue weighted by Gasteiger charge is -2.28. The van der Waals surface area contributed by atoms with Crippen LogP contribution in [0.5, 0.6) is 0 Å². The smallest absolute Gasteiger partial charge is 0.244 e. The summed E-state index contributed by atoms with van der Waals surface area (Å²) in [7, 11) is -3.55. The van der Waals surface area contributed by atoms with Crippen LogP contribution in [0.25, 0.3) is 0 Å². The van der Waals surface area contributed by atoms with Gasteiger partial charge in [-0.15, -0.1) is 0 Å². The minimum absolute atomic E-state index is 0.0207. The summed E-state index contributed by atoms with van der Waals surface area (Å²) in [4.78, 5) is 3.91. The Morgan fingerprint density at radius 3 is 2.63 bits per heavy atom. The summed E-state index contributed by atoms with van der Waals surface area (Å²) in [5.41, 5.74) is 5.94. The summed E-state index contributed by atoms with van der Waals surface area (Å²) in [5.74, 6) is 0.740. The molecule has 0 radical (unpaired) electrons. The first-order chi connectivity index (χ1) is 9.03. The number of aromatic nitrogens is 1. The van der Waals surface area contributed by atoms with Gasteiger partial charge in [0.25, 0.3) is 0 Å². The number of anilines is 1. The van der Waals surface area contributed by atoms with Crippen LogP contribution in [-0.4, -0.2) is 19.4 Å². The van der Waals surface area contributed by atoms with Crippen LogP contribution in [-0.2, 0) is 10.0 Å². The number of pyridine rings is 1. The number of nitrogens with one attached hydrogen (secondary N) is 1. The van der Waals surface area contributed by atoms with Crippen LogP contribution in [0.15, 0.2) is 23.4 Å². The van der Waals surface area contributed by atoms with E-state index in [4.69, 9.17) is 5.73 Å². The molecule has 0 unspecified atom stereocenters. The van der Waals surface area contributed by atoms with Gasteiger partial charge in [0.1, 0.15) is 4.90 Å². The van der Waals surface area contributed by atoms with Gasteiger partial charge in [-0.2, -0.15) is 0 Å². The van der Waals surface area contributed by atoms with Crippen LogP contribution in [0.4, 0.5) is 5.69 Å². The van der Waals surface area contributed by atoms with E-state index in [1.807, 2.05) is 0 Å². The summed E-state index contributed by atoms with van der Waals surface area (Å²) in [6, 6.07) is 1.52. The van der Waals surface area contributed by atoms with Crippen molar-refractivity contribution in [3.8, 4) is 0 Å². The fraction of sp³-hybridized carbons (Fsp3) is 0.615. The lowest BCUT2D eigenvalue weighted by Crippen LogP contribution is -2.37. The van der Waals surface area contributed by atoms with Gasteiger partial charge >= 0.3 is 0 Å². The molecule has 1 aromatic heterocycles. The van der Waals surface area contributed by atoms with Gasteiger partial charge < -0.3 is 5.73 Å². The summed E-state index contributed by atoms with van der Waals surface area (Å²) in [6.07, 6.45) is 7.94. The number of hydrogen-bond donors (Lipinski definition) is 2. The minimum Gasteiger partial charge on any atom is -0.398 e. The normalized spacial score (nSPS) is 24.3. The predicted octanol–water partition coefficient (Wildman–Crippen LogP) is 1.91. The molecule has 1 aliphatic carbocycles. The topological polar surface area (TPSA) is 85.1 Å². The molecule has 1 heterocycles. The Morgan fingerprint density at radius 1 is 1.37 bits per heavy atom. The Hall–Kier alpha value is -1.14. The first-order valence-corrected chi connectivity index (χ1v) is 8.23. The number of rotatable bonds is 4. The van der Waals surface area contributed by atoms with Gasteiger partial charge in [0.05, 0.1) is 5.69 Å². The average Bonchev–Trinajstić information content (AvgIpc) is 2.39. The summed E-state index contributed by atoms with van der Waals surface area (Å²) < 4.78 is 27.2. The quantitative estimate of drug-likeness (QED) is 0.884. The van der Waals surface area contributed by atoms with E-state index in [2.05, 4.69) is 16.6 Å². The lowest BCUT2D eigenvalue weighted by molar-refractivity contribution is 0.306.